The topological polar surface area (TPSA) is 64.1 Å². The van der Waals surface area contributed by atoms with E-state index in [2.05, 4.69) is 19.0 Å². The lowest BCUT2D eigenvalue weighted by molar-refractivity contribution is -0.137. The van der Waals surface area contributed by atoms with E-state index in [1.807, 2.05) is 17.0 Å². The summed E-state index contributed by atoms with van der Waals surface area (Å²) in [4.78, 5) is 30.2. The second kappa shape index (κ2) is 10.3. The molecule has 2 saturated carbocycles. The van der Waals surface area contributed by atoms with Gasteiger partial charge in [-0.2, -0.15) is 13.2 Å². The van der Waals surface area contributed by atoms with Crippen molar-refractivity contribution in [3.63, 3.8) is 0 Å². The molecule has 3 fully saturated rings. The zero-order chi connectivity index (χ0) is 26.0. The summed E-state index contributed by atoms with van der Waals surface area (Å²) in [5.41, 5.74) is 0.590. The van der Waals surface area contributed by atoms with Gasteiger partial charge in [0, 0.05) is 25.6 Å². The number of hydrogen-bond acceptors (Lipinski definition) is 3. The lowest BCUT2D eigenvalue weighted by atomic mass is 9.68. The van der Waals surface area contributed by atoms with Crippen LogP contribution in [-0.2, 0) is 10.3 Å². The van der Waals surface area contributed by atoms with Gasteiger partial charge in [0.25, 0.3) is 0 Å². The molecule has 196 valence electrons. The number of aliphatic carboxylic acids is 1. The molecule has 6 nitrogen and oxygen atoms in total. The molecular formula is C25H35F4N3O3. The smallest absolute Gasteiger partial charge is 0.386 e. The molecule has 1 aromatic carbocycles. The summed E-state index contributed by atoms with van der Waals surface area (Å²) < 4.78 is 44.6. The summed E-state index contributed by atoms with van der Waals surface area (Å²) >= 11 is 0. The SMILES string of the molecule is CC(F)(F)F.CN(C)C1(c2ccc(F)cc2)CCC2(CC1)CN(CC(=O)O)C(=O)N2CC1CCC1. The van der Waals surface area contributed by atoms with E-state index in [9.17, 15) is 32.3 Å². The molecule has 2 aliphatic carbocycles. The Hall–Kier alpha value is -2.36. The van der Waals surface area contributed by atoms with Gasteiger partial charge in [-0.1, -0.05) is 18.6 Å². The van der Waals surface area contributed by atoms with Crippen molar-refractivity contribution in [3.05, 3.63) is 35.6 Å². The number of carboxylic acid groups (broad SMARTS) is 1. The van der Waals surface area contributed by atoms with Crippen molar-refractivity contribution >= 4 is 12.0 Å². The van der Waals surface area contributed by atoms with Gasteiger partial charge < -0.3 is 14.9 Å². The van der Waals surface area contributed by atoms with Crippen LogP contribution in [0.4, 0.5) is 22.4 Å². The van der Waals surface area contributed by atoms with Gasteiger partial charge in [0.15, 0.2) is 0 Å². The van der Waals surface area contributed by atoms with Gasteiger partial charge in [0.1, 0.15) is 12.4 Å². The standard InChI is InChI=1S/C23H32FN3O3.C2H3F3/c1-25(2)23(18-6-8-19(24)9-7-18)12-10-22(11-13-23)16-26(15-20(28)29)21(30)27(22)14-17-4-3-5-17;1-2(3,4)5/h6-9,17H,3-5,10-16H2,1-2H3,(H,28,29);1H3. The first-order valence-electron chi connectivity index (χ1n) is 12.0. The quantitative estimate of drug-likeness (QED) is 0.552. The highest BCUT2D eigenvalue weighted by molar-refractivity contribution is 5.83. The Labute approximate surface area is 203 Å². The van der Waals surface area contributed by atoms with Crippen molar-refractivity contribution in [1.82, 2.24) is 14.7 Å². The Morgan fingerprint density at radius 3 is 2.09 bits per heavy atom. The van der Waals surface area contributed by atoms with Crippen LogP contribution in [0.15, 0.2) is 24.3 Å². The van der Waals surface area contributed by atoms with Crippen LogP contribution in [0.3, 0.4) is 0 Å². The molecule has 1 aromatic rings. The maximum absolute atomic E-state index is 13.5. The Morgan fingerprint density at radius 2 is 1.66 bits per heavy atom. The third kappa shape index (κ3) is 6.26. The van der Waals surface area contributed by atoms with E-state index in [0.29, 0.717) is 12.5 Å². The van der Waals surface area contributed by atoms with Crippen LogP contribution in [0.25, 0.3) is 0 Å². The van der Waals surface area contributed by atoms with Crippen LogP contribution >= 0.6 is 0 Å². The molecule has 0 bridgehead atoms. The lowest BCUT2D eigenvalue weighted by Crippen LogP contribution is -2.56. The zero-order valence-corrected chi connectivity index (χ0v) is 20.6. The zero-order valence-electron chi connectivity index (χ0n) is 20.6. The number of hydrogen-bond donors (Lipinski definition) is 1. The first-order valence-corrected chi connectivity index (χ1v) is 12.0. The molecule has 3 aliphatic rings. The van der Waals surface area contributed by atoms with Crippen LogP contribution in [0.5, 0.6) is 0 Å². The van der Waals surface area contributed by atoms with E-state index in [1.165, 1.54) is 23.5 Å². The van der Waals surface area contributed by atoms with Crippen LogP contribution in [0.1, 0.15) is 57.4 Å². The molecule has 35 heavy (non-hydrogen) atoms. The number of nitrogens with zero attached hydrogens (tertiary/aromatic N) is 3. The minimum atomic E-state index is -4.00. The minimum Gasteiger partial charge on any atom is -0.480 e. The van der Waals surface area contributed by atoms with Gasteiger partial charge in [-0.05, 0) is 76.2 Å². The number of carbonyl (C=O) groups excluding carboxylic acids is 1. The fourth-order valence-corrected chi connectivity index (χ4v) is 5.69. The number of amides is 2. The third-order valence-electron chi connectivity index (χ3n) is 7.80. The fraction of sp³-hybridized carbons (Fsp3) is 0.680. The molecular weight excluding hydrogens is 466 g/mol. The highest BCUT2D eigenvalue weighted by Gasteiger charge is 2.55. The lowest BCUT2D eigenvalue weighted by Gasteiger charge is -2.51. The fourth-order valence-electron chi connectivity index (χ4n) is 5.69. The second-order valence-electron chi connectivity index (χ2n) is 10.4. The van der Waals surface area contributed by atoms with Gasteiger partial charge in [-0.15, -0.1) is 0 Å². The van der Waals surface area contributed by atoms with Crippen molar-refractivity contribution in [2.75, 3.05) is 33.7 Å². The summed E-state index contributed by atoms with van der Waals surface area (Å²) in [7, 11) is 4.12. The van der Waals surface area contributed by atoms with Gasteiger partial charge in [0.2, 0.25) is 0 Å². The summed E-state index contributed by atoms with van der Waals surface area (Å²) in [6.07, 6.45) is 2.84. The predicted molar refractivity (Wildman–Crippen MR) is 123 cm³/mol. The summed E-state index contributed by atoms with van der Waals surface area (Å²) in [6, 6.07) is 6.65. The molecule has 10 heteroatoms. The molecule has 1 saturated heterocycles. The number of alkyl halides is 3. The molecule has 4 rings (SSSR count). The predicted octanol–water partition coefficient (Wildman–Crippen LogP) is 5.09. The number of rotatable bonds is 6. The second-order valence-corrected chi connectivity index (χ2v) is 10.4. The monoisotopic (exact) mass is 501 g/mol. The molecule has 1 heterocycles. The van der Waals surface area contributed by atoms with Gasteiger partial charge in [0.05, 0.1) is 5.54 Å². The average molecular weight is 502 g/mol. The number of carboxylic acids is 1. The van der Waals surface area contributed by atoms with E-state index < -0.39 is 12.1 Å². The van der Waals surface area contributed by atoms with E-state index in [1.54, 1.807) is 0 Å². The van der Waals surface area contributed by atoms with Crippen molar-refractivity contribution in [3.8, 4) is 0 Å². The first-order chi connectivity index (χ1) is 16.3. The number of benzene rings is 1. The molecule has 0 radical (unpaired) electrons. The van der Waals surface area contributed by atoms with Crippen molar-refractivity contribution in [1.29, 1.82) is 0 Å². The molecule has 0 aromatic heterocycles. The molecule has 2 amide bonds. The van der Waals surface area contributed by atoms with Gasteiger partial charge in [-0.3, -0.25) is 9.69 Å². The normalized spacial score (nSPS) is 27.1. The Balaban J connectivity index is 0.000000623. The summed E-state index contributed by atoms with van der Waals surface area (Å²) in [6.45, 7) is 1.17. The van der Waals surface area contributed by atoms with E-state index >= 15 is 0 Å². The number of halogens is 4. The minimum absolute atomic E-state index is 0.122. The highest BCUT2D eigenvalue weighted by Crippen LogP contribution is 2.49. The van der Waals surface area contributed by atoms with Crippen LogP contribution in [-0.4, -0.2) is 77.3 Å². The molecule has 0 atom stereocenters. The number of urea groups is 1. The molecule has 1 spiro atoms. The van der Waals surface area contributed by atoms with E-state index in [0.717, 1.165) is 50.6 Å². The maximum atomic E-state index is 13.5. The van der Waals surface area contributed by atoms with Crippen molar-refractivity contribution in [2.45, 2.75) is 69.1 Å². The van der Waals surface area contributed by atoms with Gasteiger partial charge >= 0.3 is 18.2 Å². The van der Waals surface area contributed by atoms with Gasteiger partial charge in [-0.25, -0.2) is 9.18 Å². The first kappa shape index (κ1) is 27.2. The maximum Gasteiger partial charge on any atom is 0.386 e. The summed E-state index contributed by atoms with van der Waals surface area (Å²) in [5, 5.41) is 9.28. The number of carbonyl (C=O) groups is 2. The van der Waals surface area contributed by atoms with Crippen LogP contribution in [0, 0.1) is 11.7 Å². The Morgan fingerprint density at radius 1 is 1.11 bits per heavy atom. The average Bonchev–Trinajstić information content (AvgIpc) is 2.95. The molecule has 1 aliphatic heterocycles. The summed E-state index contributed by atoms with van der Waals surface area (Å²) in [5.74, 6) is -0.667. The Bertz CT molecular complexity index is 886. The molecule has 0 unspecified atom stereocenters. The van der Waals surface area contributed by atoms with E-state index in [-0.39, 0.29) is 36.4 Å². The Kier molecular flexibility index (Phi) is 8.03. The largest absolute Gasteiger partial charge is 0.480 e. The van der Waals surface area contributed by atoms with Crippen LogP contribution in [0.2, 0.25) is 0 Å². The van der Waals surface area contributed by atoms with E-state index in [4.69, 9.17) is 0 Å². The highest BCUT2D eigenvalue weighted by atomic mass is 19.4. The third-order valence-corrected chi connectivity index (χ3v) is 7.80. The molecule has 1 N–H and O–H groups in total. The van der Waals surface area contributed by atoms with Crippen LogP contribution < -0.4 is 0 Å². The van der Waals surface area contributed by atoms with Crippen molar-refractivity contribution in [2.24, 2.45) is 5.92 Å². The van der Waals surface area contributed by atoms with Crippen molar-refractivity contribution < 1.29 is 32.3 Å².